The van der Waals surface area contributed by atoms with Gasteiger partial charge in [-0.1, -0.05) is 6.92 Å². The molecule has 0 rings (SSSR count). The van der Waals surface area contributed by atoms with E-state index < -0.39 is 5.91 Å². The average Bonchev–Trinajstić information content (AvgIpc) is 2.47. The molecule has 0 radical (unpaired) electrons. The normalized spacial score (nSPS) is 10.6. The lowest BCUT2D eigenvalue weighted by atomic mass is 10.3. The van der Waals surface area contributed by atoms with Gasteiger partial charge in [-0.25, -0.2) is 0 Å². The first-order chi connectivity index (χ1) is 10.7. The minimum Gasteiger partial charge on any atom is -0.377 e. The molecule has 0 aliphatic heterocycles. The van der Waals surface area contributed by atoms with Crippen LogP contribution in [0.4, 0.5) is 0 Å². The van der Waals surface area contributed by atoms with E-state index in [9.17, 15) is 9.59 Å². The molecule has 0 saturated heterocycles. The molecule has 3 N–H and O–H groups in total. The van der Waals surface area contributed by atoms with Crippen molar-refractivity contribution >= 4 is 11.8 Å². The number of ether oxygens (including phenoxy) is 4. The monoisotopic (exact) mass is 320 g/mol. The molecule has 8 nitrogen and oxygen atoms in total. The van der Waals surface area contributed by atoms with Crippen LogP contribution in [0.25, 0.3) is 0 Å². The predicted molar refractivity (Wildman–Crippen MR) is 80.4 cm³/mol. The highest BCUT2D eigenvalue weighted by Crippen LogP contribution is 1.85. The standard InChI is InChI=1S/C14H28N2O6/c1-2-3-14(18)16-4-5-19-6-7-20-8-9-21-10-11-22-12-13(15)17/h2-12H2,1H3,(H2,15,17)(H,16,18). The Morgan fingerprint density at radius 3 is 1.86 bits per heavy atom. The summed E-state index contributed by atoms with van der Waals surface area (Å²) in [5, 5.41) is 2.76. The lowest BCUT2D eigenvalue weighted by molar-refractivity contribution is -0.123. The summed E-state index contributed by atoms with van der Waals surface area (Å²) in [5.41, 5.74) is 4.90. The van der Waals surface area contributed by atoms with Gasteiger partial charge in [-0.15, -0.1) is 0 Å². The Bertz CT molecular complexity index is 289. The van der Waals surface area contributed by atoms with E-state index in [-0.39, 0.29) is 12.5 Å². The second kappa shape index (κ2) is 16.2. The Labute approximate surface area is 131 Å². The summed E-state index contributed by atoms with van der Waals surface area (Å²) in [6.45, 7) is 5.47. The fourth-order valence-corrected chi connectivity index (χ4v) is 1.41. The molecule has 0 heterocycles. The van der Waals surface area contributed by atoms with Gasteiger partial charge in [-0.2, -0.15) is 0 Å². The molecule has 8 heteroatoms. The highest BCUT2D eigenvalue weighted by Gasteiger charge is 1.97. The number of carbonyl (C=O) groups excluding carboxylic acids is 2. The Hall–Kier alpha value is -1.22. The molecular formula is C14H28N2O6. The molecule has 0 aromatic heterocycles. The summed E-state index contributed by atoms with van der Waals surface area (Å²) < 4.78 is 20.7. The van der Waals surface area contributed by atoms with Gasteiger partial charge >= 0.3 is 0 Å². The maximum atomic E-state index is 11.1. The molecular weight excluding hydrogens is 292 g/mol. The topological polar surface area (TPSA) is 109 Å². The summed E-state index contributed by atoms with van der Waals surface area (Å²) in [7, 11) is 0. The number of primary amides is 1. The van der Waals surface area contributed by atoms with Gasteiger partial charge in [0.1, 0.15) is 6.61 Å². The molecule has 2 amide bonds. The first-order valence-corrected chi connectivity index (χ1v) is 7.52. The number of hydrogen-bond donors (Lipinski definition) is 2. The van der Waals surface area contributed by atoms with Crippen LogP contribution >= 0.6 is 0 Å². The maximum Gasteiger partial charge on any atom is 0.243 e. The van der Waals surface area contributed by atoms with E-state index in [4.69, 9.17) is 24.7 Å². The van der Waals surface area contributed by atoms with Crippen LogP contribution in [0.1, 0.15) is 19.8 Å². The van der Waals surface area contributed by atoms with Crippen molar-refractivity contribution in [3.63, 3.8) is 0 Å². The van der Waals surface area contributed by atoms with Crippen LogP contribution in [0.3, 0.4) is 0 Å². The fourth-order valence-electron chi connectivity index (χ4n) is 1.41. The van der Waals surface area contributed by atoms with Gasteiger partial charge in [0.2, 0.25) is 11.8 Å². The average molecular weight is 320 g/mol. The Kier molecular flexibility index (Phi) is 15.3. The van der Waals surface area contributed by atoms with Crippen LogP contribution in [0.15, 0.2) is 0 Å². The van der Waals surface area contributed by atoms with Crippen LogP contribution < -0.4 is 11.1 Å². The fraction of sp³-hybridized carbons (Fsp3) is 0.857. The largest absolute Gasteiger partial charge is 0.377 e. The molecule has 0 aromatic carbocycles. The first-order valence-electron chi connectivity index (χ1n) is 7.52. The summed E-state index contributed by atoms with van der Waals surface area (Å²) in [6, 6.07) is 0. The smallest absolute Gasteiger partial charge is 0.243 e. The van der Waals surface area contributed by atoms with E-state index in [0.717, 1.165) is 6.42 Å². The number of nitrogens with one attached hydrogen (secondary N) is 1. The summed E-state index contributed by atoms with van der Waals surface area (Å²) in [6.07, 6.45) is 1.40. The third-order valence-corrected chi connectivity index (χ3v) is 2.41. The SMILES string of the molecule is CCCC(=O)NCCOCCOCCOCCOCC(N)=O. The third-order valence-electron chi connectivity index (χ3n) is 2.41. The summed E-state index contributed by atoms with van der Waals surface area (Å²) >= 11 is 0. The van der Waals surface area contributed by atoms with Crippen molar-refractivity contribution in [3.05, 3.63) is 0 Å². The number of hydrogen-bond acceptors (Lipinski definition) is 6. The lowest BCUT2D eigenvalue weighted by Gasteiger charge is -2.07. The Balaban J connectivity index is 3.05. The zero-order chi connectivity index (χ0) is 16.5. The van der Waals surface area contributed by atoms with E-state index in [0.29, 0.717) is 59.2 Å². The molecule has 22 heavy (non-hydrogen) atoms. The Morgan fingerprint density at radius 2 is 1.36 bits per heavy atom. The van der Waals surface area contributed by atoms with E-state index in [1.807, 2.05) is 6.92 Å². The summed E-state index contributed by atoms with van der Waals surface area (Å²) in [4.78, 5) is 21.5. The van der Waals surface area contributed by atoms with Crippen molar-refractivity contribution < 1.29 is 28.5 Å². The van der Waals surface area contributed by atoms with E-state index in [1.165, 1.54) is 0 Å². The summed E-state index contributed by atoms with van der Waals surface area (Å²) in [5.74, 6) is -0.437. The van der Waals surface area contributed by atoms with E-state index >= 15 is 0 Å². The molecule has 0 aliphatic rings. The number of nitrogens with two attached hydrogens (primary N) is 1. The minimum absolute atomic E-state index is 0.0549. The van der Waals surface area contributed by atoms with Crippen molar-refractivity contribution in [1.29, 1.82) is 0 Å². The quantitative estimate of drug-likeness (QED) is 0.370. The molecule has 0 atom stereocenters. The van der Waals surface area contributed by atoms with Crippen LogP contribution in [-0.4, -0.2) is 71.2 Å². The second-order valence-electron chi connectivity index (χ2n) is 4.46. The minimum atomic E-state index is -0.492. The van der Waals surface area contributed by atoms with Gasteiger partial charge in [0.25, 0.3) is 0 Å². The van der Waals surface area contributed by atoms with Crippen molar-refractivity contribution in [2.45, 2.75) is 19.8 Å². The molecule has 130 valence electrons. The van der Waals surface area contributed by atoms with Crippen LogP contribution in [0.2, 0.25) is 0 Å². The molecule has 0 aromatic rings. The van der Waals surface area contributed by atoms with Gasteiger partial charge in [0.05, 0.1) is 46.2 Å². The second-order valence-corrected chi connectivity index (χ2v) is 4.46. The van der Waals surface area contributed by atoms with Crippen LogP contribution in [0, 0.1) is 0 Å². The molecule has 0 saturated carbocycles. The zero-order valence-corrected chi connectivity index (χ0v) is 13.3. The number of rotatable bonds is 16. The van der Waals surface area contributed by atoms with Gasteiger partial charge in [-0.05, 0) is 6.42 Å². The van der Waals surface area contributed by atoms with Crippen molar-refractivity contribution in [2.75, 3.05) is 59.4 Å². The molecule has 0 fully saturated rings. The molecule has 0 aliphatic carbocycles. The predicted octanol–water partition coefficient (Wildman–Crippen LogP) is -0.546. The van der Waals surface area contributed by atoms with Crippen LogP contribution in [0.5, 0.6) is 0 Å². The van der Waals surface area contributed by atoms with E-state index in [1.54, 1.807) is 0 Å². The maximum absolute atomic E-state index is 11.1. The highest BCUT2D eigenvalue weighted by atomic mass is 16.6. The van der Waals surface area contributed by atoms with Crippen molar-refractivity contribution in [2.24, 2.45) is 5.73 Å². The Morgan fingerprint density at radius 1 is 0.864 bits per heavy atom. The van der Waals surface area contributed by atoms with Crippen molar-refractivity contribution in [3.8, 4) is 0 Å². The van der Waals surface area contributed by atoms with Gasteiger partial charge < -0.3 is 30.0 Å². The molecule has 0 bridgehead atoms. The van der Waals surface area contributed by atoms with Gasteiger partial charge in [0.15, 0.2) is 0 Å². The third kappa shape index (κ3) is 16.8. The van der Waals surface area contributed by atoms with Gasteiger partial charge in [-0.3, -0.25) is 9.59 Å². The zero-order valence-electron chi connectivity index (χ0n) is 13.3. The van der Waals surface area contributed by atoms with Gasteiger partial charge in [0, 0.05) is 13.0 Å². The molecule has 0 spiro atoms. The molecule has 0 unspecified atom stereocenters. The number of amides is 2. The van der Waals surface area contributed by atoms with Crippen LogP contribution in [-0.2, 0) is 28.5 Å². The van der Waals surface area contributed by atoms with E-state index in [2.05, 4.69) is 5.32 Å². The first kappa shape index (κ1) is 20.8. The van der Waals surface area contributed by atoms with Crippen molar-refractivity contribution in [1.82, 2.24) is 5.32 Å². The number of carbonyl (C=O) groups is 2. The highest BCUT2D eigenvalue weighted by molar-refractivity contribution is 5.75. The lowest BCUT2D eigenvalue weighted by Crippen LogP contribution is -2.27.